The fourth-order valence-electron chi connectivity index (χ4n) is 3.74. The number of aromatic nitrogens is 3. The van der Waals surface area contributed by atoms with Crippen molar-refractivity contribution in [1.29, 1.82) is 0 Å². The molecule has 7 heteroatoms. The third-order valence-electron chi connectivity index (χ3n) is 5.18. The van der Waals surface area contributed by atoms with Gasteiger partial charge < -0.3 is 10.4 Å². The van der Waals surface area contributed by atoms with Gasteiger partial charge in [0.25, 0.3) is 5.91 Å². The van der Waals surface area contributed by atoms with Gasteiger partial charge in [0, 0.05) is 36.4 Å². The predicted octanol–water partition coefficient (Wildman–Crippen LogP) is 3.35. The van der Waals surface area contributed by atoms with Crippen LogP contribution in [0.3, 0.4) is 0 Å². The maximum Gasteiger partial charge on any atom is 0.253 e. The number of carbonyl (C=O) groups is 1. The van der Waals surface area contributed by atoms with Gasteiger partial charge in [-0.3, -0.25) is 9.36 Å². The van der Waals surface area contributed by atoms with E-state index in [1.54, 1.807) is 35.3 Å². The molecule has 27 heavy (non-hydrogen) atoms. The Balaban J connectivity index is 1.66. The Morgan fingerprint density at radius 3 is 2.78 bits per heavy atom. The molecule has 2 aromatic heterocycles. The SMILES string of the molecule is O=C(NC[C@@H]1CCCC[C@H]1O)c1cn(-c2ncccn2)c2cccc(Cl)c12. The quantitative estimate of drug-likeness (QED) is 0.722. The van der Waals surface area contributed by atoms with Crippen LogP contribution in [0.4, 0.5) is 0 Å². The second kappa shape index (κ2) is 7.66. The number of nitrogens with one attached hydrogen (secondary N) is 1. The zero-order valence-electron chi connectivity index (χ0n) is 14.8. The standard InChI is InChI=1S/C20H21ClN4O2/c21-15-6-3-7-16-18(15)14(12-25(16)20-22-9-4-10-23-20)19(27)24-11-13-5-1-2-8-17(13)26/h3-4,6-7,9-10,12-13,17,26H,1-2,5,8,11H2,(H,24,27)/t13-,17+/m0/s1. The number of hydrogen-bond donors (Lipinski definition) is 2. The van der Waals surface area contributed by atoms with Crippen molar-refractivity contribution in [1.82, 2.24) is 19.9 Å². The highest BCUT2D eigenvalue weighted by atomic mass is 35.5. The van der Waals surface area contributed by atoms with Gasteiger partial charge in [-0.1, -0.05) is 30.5 Å². The van der Waals surface area contributed by atoms with Crippen molar-refractivity contribution in [2.75, 3.05) is 6.54 Å². The van der Waals surface area contributed by atoms with Crippen LogP contribution in [0.5, 0.6) is 0 Å². The number of carbonyl (C=O) groups excluding carboxylic acids is 1. The normalized spacial score (nSPS) is 19.9. The molecule has 0 spiro atoms. The van der Waals surface area contributed by atoms with E-state index in [1.165, 1.54) is 0 Å². The summed E-state index contributed by atoms with van der Waals surface area (Å²) in [4.78, 5) is 21.4. The van der Waals surface area contributed by atoms with Crippen molar-refractivity contribution in [2.45, 2.75) is 31.8 Å². The van der Waals surface area contributed by atoms with Crippen LogP contribution in [0.2, 0.25) is 5.02 Å². The molecule has 4 rings (SSSR count). The molecule has 3 aromatic rings. The van der Waals surface area contributed by atoms with Crippen molar-refractivity contribution in [3.05, 3.63) is 53.4 Å². The van der Waals surface area contributed by atoms with E-state index in [4.69, 9.17) is 11.6 Å². The van der Waals surface area contributed by atoms with Crippen LogP contribution in [0.1, 0.15) is 36.0 Å². The maximum atomic E-state index is 12.9. The number of fused-ring (bicyclic) bond motifs is 1. The van der Waals surface area contributed by atoms with E-state index in [0.29, 0.717) is 28.5 Å². The molecular weight excluding hydrogens is 364 g/mol. The second-order valence-electron chi connectivity index (χ2n) is 6.92. The number of nitrogens with zero attached hydrogens (tertiary/aromatic N) is 3. The molecular formula is C20H21ClN4O2. The molecule has 1 fully saturated rings. The molecule has 1 aliphatic carbocycles. The van der Waals surface area contributed by atoms with Crippen molar-refractivity contribution >= 4 is 28.4 Å². The first kappa shape index (κ1) is 17.9. The van der Waals surface area contributed by atoms with Crippen molar-refractivity contribution in [2.24, 2.45) is 5.92 Å². The average Bonchev–Trinajstić information content (AvgIpc) is 3.09. The highest BCUT2D eigenvalue weighted by Crippen LogP contribution is 2.30. The molecule has 6 nitrogen and oxygen atoms in total. The maximum absolute atomic E-state index is 12.9. The summed E-state index contributed by atoms with van der Waals surface area (Å²) in [5.74, 6) is 0.371. The van der Waals surface area contributed by atoms with Gasteiger partial charge in [0.2, 0.25) is 5.95 Å². The van der Waals surface area contributed by atoms with Crippen molar-refractivity contribution < 1.29 is 9.90 Å². The number of aliphatic hydroxyl groups is 1. The Labute approximate surface area is 162 Å². The zero-order valence-corrected chi connectivity index (χ0v) is 15.6. The Hall–Kier alpha value is -2.44. The van der Waals surface area contributed by atoms with E-state index < -0.39 is 0 Å². The first-order valence-electron chi connectivity index (χ1n) is 9.18. The Morgan fingerprint density at radius 1 is 1.22 bits per heavy atom. The molecule has 1 aliphatic rings. The van der Waals surface area contributed by atoms with E-state index in [9.17, 15) is 9.90 Å². The zero-order chi connectivity index (χ0) is 18.8. The molecule has 2 atom stereocenters. The van der Waals surface area contributed by atoms with Gasteiger partial charge in [0.05, 0.1) is 22.2 Å². The third kappa shape index (κ3) is 3.55. The lowest BCUT2D eigenvalue weighted by Crippen LogP contribution is -2.36. The van der Waals surface area contributed by atoms with Crippen molar-refractivity contribution in [3.8, 4) is 5.95 Å². The lowest BCUT2D eigenvalue weighted by molar-refractivity contribution is 0.0663. The molecule has 140 valence electrons. The highest BCUT2D eigenvalue weighted by molar-refractivity contribution is 6.37. The lowest BCUT2D eigenvalue weighted by atomic mass is 9.86. The molecule has 2 heterocycles. The minimum atomic E-state index is -0.346. The van der Waals surface area contributed by atoms with Crippen LogP contribution in [-0.4, -0.2) is 38.2 Å². The molecule has 0 aliphatic heterocycles. The largest absolute Gasteiger partial charge is 0.393 e. The van der Waals surface area contributed by atoms with E-state index in [-0.39, 0.29) is 17.9 Å². The average molecular weight is 385 g/mol. The lowest BCUT2D eigenvalue weighted by Gasteiger charge is -2.27. The van der Waals surface area contributed by atoms with Gasteiger partial charge >= 0.3 is 0 Å². The molecule has 1 aromatic carbocycles. The summed E-state index contributed by atoms with van der Waals surface area (Å²) < 4.78 is 1.77. The summed E-state index contributed by atoms with van der Waals surface area (Å²) >= 11 is 6.40. The topological polar surface area (TPSA) is 80.0 Å². The van der Waals surface area contributed by atoms with E-state index in [0.717, 1.165) is 31.2 Å². The number of amides is 1. The van der Waals surface area contributed by atoms with Gasteiger partial charge in [-0.25, -0.2) is 9.97 Å². The van der Waals surface area contributed by atoms with Crippen LogP contribution < -0.4 is 5.32 Å². The molecule has 0 bridgehead atoms. The number of aliphatic hydroxyl groups excluding tert-OH is 1. The Morgan fingerprint density at radius 2 is 2.00 bits per heavy atom. The predicted molar refractivity (Wildman–Crippen MR) is 104 cm³/mol. The second-order valence-corrected chi connectivity index (χ2v) is 7.32. The van der Waals surface area contributed by atoms with Crippen LogP contribution in [0.15, 0.2) is 42.9 Å². The smallest absolute Gasteiger partial charge is 0.253 e. The van der Waals surface area contributed by atoms with Crippen LogP contribution >= 0.6 is 11.6 Å². The first-order chi connectivity index (χ1) is 13.1. The van der Waals surface area contributed by atoms with Gasteiger partial charge in [-0.15, -0.1) is 0 Å². The number of rotatable bonds is 4. The highest BCUT2D eigenvalue weighted by Gasteiger charge is 2.25. The Kier molecular flexibility index (Phi) is 5.09. The fourth-order valence-corrected chi connectivity index (χ4v) is 4.01. The Bertz CT molecular complexity index is 957. The molecule has 1 saturated carbocycles. The summed E-state index contributed by atoms with van der Waals surface area (Å²) in [7, 11) is 0. The third-order valence-corrected chi connectivity index (χ3v) is 5.50. The summed E-state index contributed by atoms with van der Waals surface area (Å²) in [5.41, 5.74) is 1.25. The van der Waals surface area contributed by atoms with Crippen LogP contribution in [0, 0.1) is 5.92 Å². The molecule has 0 unspecified atom stereocenters. The van der Waals surface area contributed by atoms with Crippen molar-refractivity contribution in [3.63, 3.8) is 0 Å². The van der Waals surface area contributed by atoms with E-state index in [1.807, 2.05) is 12.1 Å². The number of halogens is 1. The van der Waals surface area contributed by atoms with Crippen LogP contribution in [0.25, 0.3) is 16.9 Å². The minimum Gasteiger partial charge on any atom is -0.393 e. The summed E-state index contributed by atoms with van der Waals surface area (Å²) in [6.07, 6.45) is 8.56. The number of hydrogen-bond acceptors (Lipinski definition) is 4. The van der Waals surface area contributed by atoms with E-state index >= 15 is 0 Å². The molecule has 0 radical (unpaired) electrons. The monoisotopic (exact) mass is 384 g/mol. The van der Waals surface area contributed by atoms with Gasteiger partial charge in [-0.05, 0) is 31.0 Å². The summed E-state index contributed by atoms with van der Waals surface area (Å²) in [6.45, 7) is 0.457. The summed E-state index contributed by atoms with van der Waals surface area (Å²) in [6, 6.07) is 7.23. The van der Waals surface area contributed by atoms with Gasteiger partial charge in [0.15, 0.2) is 0 Å². The molecule has 1 amide bonds. The summed E-state index contributed by atoms with van der Waals surface area (Å²) in [5, 5.41) is 14.3. The minimum absolute atomic E-state index is 0.101. The molecule has 0 saturated heterocycles. The fraction of sp³-hybridized carbons (Fsp3) is 0.350. The van der Waals surface area contributed by atoms with Gasteiger partial charge in [-0.2, -0.15) is 0 Å². The first-order valence-corrected chi connectivity index (χ1v) is 9.56. The van der Waals surface area contributed by atoms with Crippen LogP contribution in [-0.2, 0) is 0 Å². The number of benzene rings is 1. The van der Waals surface area contributed by atoms with Gasteiger partial charge in [0.1, 0.15) is 0 Å². The molecule has 2 N–H and O–H groups in total. The van der Waals surface area contributed by atoms with E-state index in [2.05, 4.69) is 15.3 Å².